The van der Waals surface area contributed by atoms with Crippen molar-refractivity contribution in [3.8, 4) is 0 Å². The lowest BCUT2D eigenvalue weighted by Crippen LogP contribution is -2.29. The smallest absolute Gasteiger partial charge is 0.242 e. The van der Waals surface area contributed by atoms with Gasteiger partial charge >= 0.3 is 0 Å². The maximum Gasteiger partial charge on any atom is 0.242 e. The number of hydrogen-bond acceptors (Lipinski definition) is 3. The van der Waals surface area contributed by atoms with Gasteiger partial charge < -0.3 is 5.73 Å². The first-order valence-electron chi connectivity index (χ1n) is 6.43. The molecule has 0 saturated heterocycles. The predicted octanol–water partition coefficient (Wildman–Crippen LogP) is 2.75. The monoisotopic (exact) mass is 346 g/mol. The first-order valence-corrected chi connectivity index (χ1v) is 8.71. The van der Waals surface area contributed by atoms with Gasteiger partial charge in [-0.1, -0.05) is 29.3 Å². The molecule has 19 heavy (non-hydrogen) atoms. The summed E-state index contributed by atoms with van der Waals surface area (Å²) in [5, 5.41) is 0. The summed E-state index contributed by atoms with van der Waals surface area (Å²) in [6.07, 6.45) is 3.37. The molecule has 6 heteroatoms. The number of nitrogen functional groups attached to an aromatic ring is 1. The van der Waals surface area contributed by atoms with Crippen LogP contribution in [0.1, 0.15) is 26.2 Å². The van der Waals surface area contributed by atoms with Gasteiger partial charge in [0.15, 0.2) is 0 Å². The van der Waals surface area contributed by atoms with Crippen LogP contribution in [0.2, 0.25) is 0 Å². The number of rotatable bonds is 4. The average Bonchev–Trinajstić information content (AvgIpc) is 2.76. The summed E-state index contributed by atoms with van der Waals surface area (Å²) in [7, 11) is -3.52. The molecule has 106 valence electrons. The molecule has 0 bridgehead atoms. The first kappa shape index (κ1) is 14.8. The second-order valence-electron chi connectivity index (χ2n) is 5.32. The molecular formula is C13H19BrN2O2S. The normalized spacial score (nSPS) is 23.7. The lowest BCUT2D eigenvalue weighted by molar-refractivity contribution is 0.498. The lowest BCUT2D eigenvalue weighted by atomic mass is 10.1. The van der Waals surface area contributed by atoms with E-state index in [1.165, 1.54) is 12.5 Å². The largest absolute Gasteiger partial charge is 0.398 e. The molecule has 1 aromatic rings. The van der Waals surface area contributed by atoms with Crippen molar-refractivity contribution in [2.24, 2.45) is 11.8 Å². The minimum absolute atomic E-state index is 0.146. The Kier molecular flexibility index (Phi) is 4.53. The Morgan fingerprint density at radius 2 is 2.16 bits per heavy atom. The summed E-state index contributed by atoms with van der Waals surface area (Å²) < 4.78 is 27.8. The number of nitrogens with one attached hydrogen (secondary N) is 1. The van der Waals surface area contributed by atoms with E-state index < -0.39 is 10.0 Å². The second-order valence-corrected chi connectivity index (χ2v) is 7.97. The molecule has 1 saturated carbocycles. The Labute approximate surface area is 122 Å². The van der Waals surface area contributed by atoms with Crippen molar-refractivity contribution in [2.45, 2.75) is 31.1 Å². The molecule has 0 amide bonds. The Bertz CT molecular complexity index is 560. The highest BCUT2D eigenvalue weighted by Crippen LogP contribution is 2.30. The van der Waals surface area contributed by atoms with E-state index in [4.69, 9.17) is 5.73 Å². The van der Waals surface area contributed by atoms with Gasteiger partial charge in [0.1, 0.15) is 4.90 Å². The van der Waals surface area contributed by atoms with Crippen LogP contribution in [-0.4, -0.2) is 15.0 Å². The van der Waals surface area contributed by atoms with Crippen LogP contribution in [0, 0.1) is 11.8 Å². The van der Waals surface area contributed by atoms with Crippen molar-refractivity contribution in [1.29, 1.82) is 0 Å². The number of sulfonamides is 1. The fourth-order valence-corrected chi connectivity index (χ4v) is 4.34. The summed E-state index contributed by atoms with van der Waals surface area (Å²) >= 11 is 3.27. The zero-order valence-corrected chi connectivity index (χ0v) is 13.3. The molecule has 3 N–H and O–H groups in total. The van der Waals surface area contributed by atoms with Gasteiger partial charge in [-0.05, 0) is 42.9 Å². The van der Waals surface area contributed by atoms with Crippen molar-refractivity contribution in [3.63, 3.8) is 0 Å². The fourth-order valence-electron chi connectivity index (χ4n) is 2.56. The molecule has 1 fully saturated rings. The van der Waals surface area contributed by atoms with Gasteiger partial charge in [-0.15, -0.1) is 0 Å². The van der Waals surface area contributed by atoms with E-state index in [0.29, 0.717) is 22.9 Å². The van der Waals surface area contributed by atoms with Crippen LogP contribution >= 0.6 is 15.9 Å². The molecule has 1 aromatic carbocycles. The third kappa shape index (κ3) is 3.70. The summed E-state index contributed by atoms with van der Waals surface area (Å²) in [6, 6.07) is 4.86. The second kappa shape index (κ2) is 5.81. The van der Waals surface area contributed by atoms with Crippen molar-refractivity contribution in [2.75, 3.05) is 12.3 Å². The molecule has 0 aromatic heterocycles. The van der Waals surface area contributed by atoms with Crippen LogP contribution < -0.4 is 10.5 Å². The molecular weight excluding hydrogens is 328 g/mol. The van der Waals surface area contributed by atoms with Crippen molar-refractivity contribution in [3.05, 3.63) is 22.7 Å². The van der Waals surface area contributed by atoms with Crippen LogP contribution in [0.4, 0.5) is 5.69 Å². The number of hydrogen-bond donors (Lipinski definition) is 2. The molecule has 4 nitrogen and oxygen atoms in total. The van der Waals surface area contributed by atoms with Crippen LogP contribution in [-0.2, 0) is 10.0 Å². The van der Waals surface area contributed by atoms with E-state index >= 15 is 0 Å². The number of nitrogens with two attached hydrogens (primary N) is 1. The molecule has 0 radical (unpaired) electrons. The fraction of sp³-hybridized carbons (Fsp3) is 0.538. The van der Waals surface area contributed by atoms with E-state index in [1.807, 2.05) is 0 Å². The van der Waals surface area contributed by atoms with Crippen LogP contribution in [0.15, 0.2) is 27.6 Å². The average molecular weight is 347 g/mol. The molecule has 1 aliphatic carbocycles. The Hall–Kier alpha value is -0.590. The Morgan fingerprint density at radius 3 is 2.79 bits per heavy atom. The van der Waals surface area contributed by atoms with Crippen molar-refractivity contribution >= 4 is 31.6 Å². The van der Waals surface area contributed by atoms with Gasteiger partial charge in [0.25, 0.3) is 0 Å². The third-order valence-electron chi connectivity index (χ3n) is 3.63. The van der Waals surface area contributed by atoms with Gasteiger partial charge in [0.05, 0.1) is 5.69 Å². The number of benzene rings is 1. The molecule has 0 aliphatic heterocycles. The highest BCUT2D eigenvalue weighted by Gasteiger charge is 2.24. The van der Waals surface area contributed by atoms with Gasteiger partial charge in [0.2, 0.25) is 10.0 Å². The summed E-state index contributed by atoms with van der Waals surface area (Å²) in [5.41, 5.74) is 6.01. The van der Waals surface area contributed by atoms with Gasteiger partial charge in [-0.2, -0.15) is 0 Å². The quantitative estimate of drug-likeness (QED) is 0.823. The predicted molar refractivity (Wildman–Crippen MR) is 80.2 cm³/mol. The highest BCUT2D eigenvalue weighted by molar-refractivity contribution is 9.10. The minimum atomic E-state index is -3.52. The molecule has 2 unspecified atom stereocenters. The lowest BCUT2D eigenvalue weighted by Gasteiger charge is -2.13. The van der Waals surface area contributed by atoms with Gasteiger partial charge in [-0.25, -0.2) is 13.1 Å². The van der Waals surface area contributed by atoms with Gasteiger partial charge in [-0.3, -0.25) is 0 Å². The highest BCUT2D eigenvalue weighted by atomic mass is 79.9. The molecule has 0 spiro atoms. The van der Waals surface area contributed by atoms with Crippen molar-refractivity contribution < 1.29 is 8.42 Å². The van der Waals surface area contributed by atoms with Crippen LogP contribution in [0.3, 0.4) is 0 Å². The summed E-state index contributed by atoms with van der Waals surface area (Å²) in [6.45, 7) is 2.71. The maximum atomic E-state index is 12.2. The van der Waals surface area contributed by atoms with Crippen LogP contribution in [0.25, 0.3) is 0 Å². The van der Waals surface area contributed by atoms with Crippen LogP contribution in [0.5, 0.6) is 0 Å². The number of halogens is 1. The van der Waals surface area contributed by atoms with E-state index in [9.17, 15) is 8.42 Å². The minimum Gasteiger partial charge on any atom is -0.398 e. The summed E-state index contributed by atoms with van der Waals surface area (Å²) in [5.74, 6) is 1.14. The molecule has 2 rings (SSSR count). The van der Waals surface area contributed by atoms with E-state index in [0.717, 1.165) is 12.8 Å². The maximum absolute atomic E-state index is 12.2. The first-order chi connectivity index (χ1) is 8.88. The van der Waals surface area contributed by atoms with E-state index in [2.05, 4.69) is 27.6 Å². The SMILES string of the molecule is CC1CCC(CNS(=O)(=O)c2cc(Br)ccc2N)C1. The topological polar surface area (TPSA) is 72.2 Å². The number of anilines is 1. The molecule has 1 aliphatic rings. The third-order valence-corrected chi connectivity index (χ3v) is 5.60. The molecule has 0 heterocycles. The zero-order chi connectivity index (χ0) is 14.0. The Balaban J connectivity index is 2.08. The Morgan fingerprint density at radius 1 is 1.42 bits per heavy atom. The summed E-state index contributed by atoms with van der Waals surface area (Å²) in [4.78, 5) is 0.146. The van der Waals surface area contributed by atoms with E-state index in [-0.39, 0.29) is 10.6 Å². The zero-order valence-electron chi connectivity index (χ0n) is 10.9. The van der Waals surface area contributed by atoms with Crippen molar-refractivity contribution in [1.82, 2.24) is 4.72 Å². The van der Waals surface area contributed by atoms with E-state index in [1.54, 1.807) is 12.1 Å². The standard InChI is InChI=1S/C13H19BrN2O2S/c1-9-2-3-10(6-9)8-16-19(17,18)13-7-11(14)4-5-12(13)15/h4-5,7,9-10,16H,2-3,6,8,15H2,1H3. The van der Waals surface area contributed by atoms with Gasteiger partial charge in [0, 0.05) is 11.0 Å². The molecule has 2 atom stereocenters.